The highest BCUT2D eigenvalue weighted by atomic mass is 32.2. The molecule has 4 rings (SSSR count). The van der Waals surface area contributed by atoms with Gasteiger partial charge in [-0.25, -0.2) is 9.18 Å². The van der Waals surface area contributed by atoms with E-state index in [1.807, 2.05) is 17.7 Å². The van der Waals surface area contributed by atoms with Gasteiger partial charge in [-0.15, -0.1) is 11.8 Å². The number of rotatable bonds is 8. The number of nitrogens with one attached hydrogen (secondary N) is 1. The Morgan fingerprint density at radius 3 is 2.67 bits per heavy atom. The molecule has 3 aromatic rings. The Labute approximate surface area is 197 Å². The van der Waals surface area contributed by atoms with Gasteiger partial charge in [-0.3, -0.25) is 4.79 Å². The summed E-state index contributed by atoms with van der Waals surface area (Å²) in [6, 6.07) is 12.0. The molecule has 0 saturated carbocycles. The first-order chi connectivity index (χ1) is 15.9. The topological polar surface area (TPSA) is 71.3 Å². The predicted octanol–water partition coefficient (Wildman–Crippen LogP) is 5.14. The van der Waals surface area contributed by atoms with Crippen molar-refractivity contribution in [2.45, 2.75) is 62.4 Å². The average Bonchev–Trinajstić information content (AvgIpc) is 3.11. The maximum Gasteiger partial charge on any atom is 0.326 e. The number of aliphatic carboxylic acids is 1. The third-order valence-corrected chi connectivity index (χ3v) is 7.25. The Hall–Kier alpha value is -2.80. The van der Waals surface area contributed by atoms with E-state index in [2.05, 4.69) is 29.6 Å². The Morgan fingerprint density at radius 1 is 1.24 bits per heavy atom. The second-order valence-electron chi connectivity index (χ2n) is 8.57. The summed E-state index contributed by atoms with van der Waals surface area (Å²) < 4.78 is 15.9. The third kappa shape index (κ3) is 4.93. The lowest BCUT2D eigenvalue weighted by atomic mass is 9.91. The van der Waals surface area contributed by atoms with Crippen LogP contribution in [0.1, 0.15) is 49.0 Å². The summed E-state index contributed by atoms with van der Waals surface area (Å²) in [7, 11) is 0. The molecule has 0 saturated heterocycles. The number of halogens is 1. The highest BCUT2D eigenvalue weighted by Gasteiger charge is 2.30. The van der Waals surface area contributed by atoms with Crippen LogP contribution in [0.4, 0.5) is 4.39 Å². The van der Waals surface area contributed by atoms with Crippen molar-refractivity contribution in [3.05, 3.63) is 65.1 Å². The number of benzene rings is 2. The van der Waals surface area contributed by atoms with Crippen molar-refractivity contribution in [1.29, 1.82) is 0 Å². The number of aromatic nitrogens is 1. The summed E-state index contributed by atoms with van der Waals surface area (Å²) in [5.74, 6) is -1.23. The summed E-state index contributed by atoms with van der Waals surface area (Å²) in [6.07, 6.45) is 5.53. The van der Waals surface area contributed by atoms with Gasteiger partial charge >= 0.3 is 5.97 Å². The number of carbonyl (C=O) groups excluding carboxylic acids is 1. The van der Waals surface area contributed by atoms with Crippen LogP contribution in [-0.4, -0.2) is 33.8 Å². The van der Waals surface area contributed by atoms with Gasteiger partial charge in [-0.2, -0.15) is 0 Å². The van der Waals surface area contributed by atoms with E-state index in [0.29, 0.717) is 32.1 Å². The second kappa shape index (κ2) is 10.00. The number of fused-ring (bicyclic) bond motifs is 3. The van der Waals surface area contributed by atoms with Crippen LogP contribution in [0.15, 0.2) is 47.4 Å². The van der Waals surface area contributed by atoms with E-state index in [4.69, 9.17) is 0 Å². The highest BCUT2D eigenvalue weighted by Crippen LogP contribution is 2.36. The number of carbonyl (C=O) groups is 2. The molecule has 33 heavy (non-hydrogen) atoms. The zero-order valence-electron chi connectivity index (χ0n) is 18.9. The van der Waals surface area contributed by atoms with Gasteiger partial charge in [-0.05, 0) is 79.8 Å². The Morgan fingerprint density at radius 2 is 2.00 bits per heavy atom. The average molecular weight is 469 g/mol. The van der Waals surface area contributed by atoms with E-state index in [1.54, 1.807) is 17.8 Å². The molecule has 1 aliphatic carbocycles. The van der Waals surface area contributed by atoms with Crippen molar-refractivity contribution in [3.8, 4) is 0 Å². The van der Waals surface area contributed by atoms with Crippen LogP contribution in [-0.2, 0) is 28.9 Å². The van der Waals surface area contributed by atoms with Gasteiger partial charge in [0.05, 0.1) is 0 Å². The van der Waals surface area contributed by atoms with Gasteiger partial charge < -0.3 is 15.0 Å². The van der Waals surface area contributed by atoms with E-state index in [0.717, 1.165) is 34.1 Å². The minimum absolute atomic E-state index is 0.00397. The fourth-order valence-corrected chi connectivity index (χ4v) is 5.27. The van der Waals surface area contributed by atoms with Gasteiger partial charge in [0, 0.05) is 34.0 Å². The molecule has 0 spiro atoms. The SMILES string of the molecule is CCC(C(=O)O)n1c2c(c3cc(F)ccc31)C[C@@H](NC(=O)CCc1ccc(SC)cc1)CC2. The van der Waals surface area contributed by atoms with Crippen LogP contribution in [0.3, 0.4) is 0 Å². The maximum atomic E-state index is 14.1. The first-order valence-corrected chi connectivity index (χ1v) is 12.6. The van der Waals surface area contributed by atoms with Crippen LogP contribution >= 0.6 is 11.8 Å². The van der Waals surface area contributed by atoms with Crippen LogP contribution in [0.25, 0.3) is 10.9 Å². The number of hydrogen-bond donors (Lipinski definition) is 2. The number of thioether (sulfide) groups is 1. The summed E-state index contributed by atoms with van der Waals surface area (Å²) in [5.41, 5.74) is 3.78. The molecule has 2 atom stereocenters. The lowest BCUT2D eigenvalue weighted by Gasteiger charge is -2.26. The van der Waals surface area contributed by atoms with Crippen molar-refractivity contribution < 1.29 is 19.1 Å². The fourth-order valence-electron chi connectivity index (χ4n) is 4.86. The molecule has 5 nitrogen and oxygen atoms in total. The molecule has 1 aromatic heterocycles. The summed E-state index contributed by atoms with van der Waals surface area (Å²) in [4.78, 5) is 25.7. The Kier molecular flexibility index (Phi) is 7.08. The van der Waals surface area contributed by atoms with Gasteiger partial charge in [0.15, 0.2) is 0 Å². The van der Waals surface area contributed by atoms with Crippen molar-refractivity contribution >= 4 is 34.5 Å². The van der Waals surface area contributed by atoms with Crippen molar-refractivity contribution in [1.82, 2.24) is 9.88 Å². The molecular formula is C26H29FN2O3S. The molecule has 0 aliphatic heterocycles. The number of nitrogens with zero attached hydrogens (tertiary/aromatic N) is 1. The maximum absolute atomic E-state index is 14.1. The summed E-state index contributed by atoms with van der Waals surface area (Å²) in [6.45, 7) is 1.85. The standard InChI is InChI=1S/C26H29FN2O3S/c1-3-22(26(31)32)29-23-11-7-17(27)14-20(23)21-15-18(8-12-24(21)29)28-25(30)13-6-16-4-9-19(33-2)10-5-16/h4-5,7,9-11,14,18,22H,3,6,8,12-13,15H2,1-2H3,(H,28,30)(H,31,32)/t18-,22?/m0/s1. The number of carboxylic acid groups (broad SMARTS) is 1. The highest BCUT2D eigenvalue weighted by molar-refractivity contribution is 7.98. The van der Waals surface area contributed by atoms with Gasteiger partial charge in [0.25, 0.3) is 0 Å². The molecule has 0 fully saturated rings. The molecule has 7 heteroatoms. The molecule has 1 heterocycles. The number of aryl methyl sites for hydroxylation is 1. The van der Waals surface area contributed by atoms with E-state index in [1.165, 1.54) is 17.0 Å². The first kappa shape index (κ1) is 23.4. The van der Waals surface area contributed by atoms with Crippen LogP contribution in [0.5, 0.6) is 0 Å². The monoisotopic (exact) mass is 468 g/mol. The molecule has 174 valence electrons. The van der Waals surface area contributed by atoms with Gasteiger partial charge in [-0.1, -0.05) is 19.1 Å². The second-order valence-corrected chi connectivity index (χ2v) is 9.45. The number of amides is 1. The Balaban J connectivity index is 1.50. The van der Waals surface area contributed by atoms with Crippen molar-refractivity contribution in [3.63, 3.8) is 0 Å². The molecule has 1 aliphatic rings. The quantitative estimate of drug-likeness (QED) is 0.449. The Bertz CT molecular complexity index is 1170. The molecular weight excluding hydrogens is 439 g/mol. The minimum Gasteiger partial charge on any atom is -0.480 e. The van der Waals surface area contributed by atoms with Crippen molar-refractivity contribution in [2.24, 2.45) is 0 Å². The van der Waals surface area contributed by atoms with Crippen LogP contribution < -0.4 is 5.32 Å². The number of hydrogen-bond acceptors (Lipinski definition) is 3. The summed E-state index contributed by atoms with van der Waals surface area (Å²) >= 11 is 1.69. The van der Waals surface area contributed by atoms with Crippen LogP contribution in [0.2, 0.25) is 0 Å². The van der Waals surface area contributed by atoms with E-state index in [9.17, 15) is 19.1 Å². The lowest BCUT2D eigenvalue weighted by Crippen LogP contribution is -2.39. The summed E-state index contributed by atoms with van der Waals surface area (Å²) in [5, 5.41) is 13.7. The molecule has 0 radical (unpaired) electrons. The lowest BCUT2D eigenvalue weighted by molar-refractivity contribution is -0.141. The van der Waals surface area contributed by atoms with Gasteiger partial charge in [0.2, 0.25) is 5.91 Å². The zero-order chi connectivity index (χ0) is 23.5. The predicted molar refractivity (Wildman–Crippen MR) is 129 cm³/mol. The van der Waals surface area contributed by atoms with Crippen LogP contribution in [0, 0.1) is 5.82 Å². The molecule has 1 amide bonds. The zero-order valence-corrected chi connectivity index (χ0v) is 19.8. The van der Waals surface area contributed by atoms with Crippen molar-refractivity contribution in [2.75, 3.05) is 6.26 Å². The smallest absolute Gasteiger partial charge is 0.326 e. The minimum atomic E-state index is -0.887. The van der Waals surface area contributed by atoms with E-state index >= 15 is 0 Å². The molecule has 1 unspecified atom stereocenters. The molecule has 2 aromatic carbocycles. The third-order valence-electron chi connectivity index (χ3n) is 6.51. The molecule has 0 bridgehead atoms. The van der Waals surface area contributed by atoms with Gasteiger partial charge in [0.1, 0.15) is 11.9 Å². The number of carboxylic acids is 1. The van der Waals surface area contributed by atoms with E-state index in [-0.39, 0.29) is 17.8 Å². The largest absolute Gasteiger partial charge is 0.480 e. The normalized spacial score (nSPS) is 16.4. The van der Waals surface area contributed by atoms with E-state index < -0.39 is 12.0 Å². The molecule has 2 N–H and O–H groups in total. The fraction of sp³-hybridized carbons (Fsp3) is 0.385. The first-order valence-electron chi connectivity index (χ1n) is 11.4.